The minimum Gasteiger partial charge on any atom is -0.489 e. The summed E-state index contributed by atoms with van der Waals surface area (Å²) in [6.45, 7) is 5.90. The van der Waals surface area contributed by atoms with Gasteiger partial charge in [0.05, 0.1) is 11.8 Å². The first-order valence-corrected chi connectivity index (χ1v) is 15.0. The van der Waals surface area contributed by atoms with Gasteiger partial charge < -0.3 is 9.84 Å². The van der Waals surface area contributed by atoms with Gasteiger partial charge in [-0.1, -0.05) is 23.7 Å². The quantitative estimate of drug-likeness (QED) is 0.395. The molecule has 1 atom stereocenters. The van der Waals surface area contributed by atoms with Crippen LogP contribution >= 0.6 is 11.6 Å². The predicted octanol–water partition coefficient (Wildman–Crippen LogP) is 5.46. The van der Waals surface area contributed by atoms with E-state index in [4.69, 9.17) is 26.2 Å². The van der Waals surface area contributed by atoms with Gasteiger partial charge in [0.15, 0.2) is 0 Å². The first kappa shape index (κ1) is 32.6. The molecule has 2 aliphatic rings. The highest BCUT2D eigenvalue weighted by atomic mass is 35.5. The maximum atomic E-state index is 14.9. The molecule has 41 heavy (non-hydrogen) atoms. The van der Waals surface area contributed by atoms with E-state index < -0.39 is 33.9 Å². The number of hydrogen-bond acceptors (Lipinski definition) is 6. The number of carbonyl (C=O) groups excluding carboxylic acids is 1. The average Bonchev–Trinajstić information content (AvgIpc) is 3.68. The summed E-state index contributed by atoms with van der Waals surface area (Å²) < 4.78 is 77.6. The normalized spacial score (nSPS) is 18.2. The Hall–Kier alpha value is -2.90. The number of carbonyl (C=O) groups is 2. The predicted molar refractivity (Wildman–Crippen MR) is 144 cm³/mol. The summed E-state index contributed by atoms with van der Waals surface area (Å²) in [5, 5.41) is 7.82. The van der Waals surface area contributed by atoms with Gasteiger partial charge in [0, 0.05) is 23.2 Å². The van der Waals surface area contributed by atoms with E-state index >= 15 is 0 Å². The molecule has 0 radical (unpaired) electrons. The number of benzene rings is 2. The van der Waals surface area contributed by atoms with E-state index in [1.54, 1.807) is 0 Å². The standard InChI is InChI=1S/C25H30ClFN2O4S.C2HF3O2/c1-25(2,17-6-4-7-18(26)12-17)29-11-5-8-19(15-29)33-23-14-22(27)21(13-20(23)16-9-10-16)24(30)28-34(3,31)32;3-2(4,5)1(6)7/h4,6-7,12-14,16,19H,5,8-11,15H2,1-3H3,(H,28,30);(H,6,7)/t19-;/m1./s1. The Morgan fingerprint density at radius 1 is 1.12 bits per heavy atom. The second kappa shape index (κ2) is 12.5. The number of amides is 1. The van der Waals surface area contributed by atoms with Crippen molar-refractivity contribution in [2.75, 3.05) is 19.3 Å². The van der Waals surface area contributed by atoms with Crippen molar-refractivity contribution in [1.82, 2.24) is 9.62 Å². The van der Waals surface area contributed by atoms with E-state index in [9.17, 15) is 30.8 Å². The van der Waals surface area contributed by atoms with Crippen molar-refractivity contribution in [3.05, 3.63) is 63.9 Å². The van der Waals surface area contributed by atoms with Gasteiger partial charge in [-0.3, -0.25) is 9.69 Å². The van der Waals surface area contributed by atoms with Crippen LogP contribution in [0.3, 0.4) is 0 Å². The Morgan fingerprint density at radius 3 is 2.29 bits per heavy atom. The van der Waals surface area contributed by atoms with Crippen molar-refractivity contribution >= 4 is 33.5 Å². The molecule has 0 bridgehead atoms. The first-order chi connectivity index (χ1) is 18.9. The van der Waals surface area contributed by atoms with Gasteiger partial charge in [-0.25, -0.2) is 22.3 Å². The number of likely N-dealkylation sites (tertiary alicyclic amines) is 1. The van der Waals surface area contributed by atoms with E-state index in [1.807, 2.05) is 22.9 Å². The second-order valence-corrected chi connectivity index (χ2v) is 12.7. The average molecular weight is 623 g/mol. The Morgan fingerprint density at radius 2 is 1.76 bits per heavy atom. The molecule has 1 heterocycles. The fourth-order valence-electron chi connectivity index (χ4n) is 4.56. The van der Waals surface area contributed by atoms with Crippen LogP contribution < -0.4 is 9.46 Å². The molecular weight excluding hydrogens is 592 g/mol. The van der Waals surface area contributed by atoms with Gasteiger partial charge in [-0.05, 0) is 81.3 Å². The smallest absolute Gasteiger partial charge is 0.489 e. The van der Waals surface area contributed by atoms with Crippen molar-refractivity contribution in [3.63, 3.8) is 0 Å². The molecule has 1 amide bonds. The number of carboxylic acid groups (broad SMARTS) is 1. The molecule has 1 aliphatic heterocycles. The number of ether oxygens (including phenoxy) is 1. The Balaban J connectivity index is 0.000000587. The molecule has 8 nitrogen and oxygen atoms in total. The number of carboxylic acids is 1. The highest BCUT2D eigenvalue weighted by Gasteiger charge is 2.38. The van der Waals surface area contributed by atoms with Crippen LogP contribution in [0.25, 0.3) is 0 Å². The summed E-state index contributed by atoms with van der Waals surface area (Å²) in [5.41, 5.74) is 1.33. The Labute approximate surface area is 240 Å². The summed E-state index contributed by atoms with van der Waals surface area (Å²) in [6.07, 6.45) is -0.738. The summed E-state index contributed by atoms with van der Waals surface area (Å²) in [7, 11) is -3.80. The molecule has 2 fully saturated rings. The molecule has 226 valence electrons. The zero-order chi connectivity index (χ0) is 30.8. The summed E-state index contributed by atoms with van der Waals surface area (Å²) in [5.74, 6) is -3.91. The lowest BCUT2D eigenvalue weighted by atomic mass is 9.89. The second-order valence-electron chi connectivity index (χ2n) is 10.5. The number of sulfonamides is 1. The molecule has 0 spiro atoms. The number of nitrogens with one attached hydrogen (secondary N) is 1. The minimum atomic E-state index is -5.08. The van der Waals surface area contributed by atoms with Gasteiger partial charge in [0.25, 0.3) is 5.91 Å². The lowest BCUT2D eigenvalue weighted by Crippen LogP contribution is -2.50. The summed E-state index contributed by atoms with van der Waals surface area (Å²) in [6, 6.07) is 10.5. The van der Waals surface area contributed by atoms with Gasteiger partial charge in [0.2, 0.25) is 10.0 Å². The van der Waals surface area contributed by atoms with E-state index in [1.165, 1.54) is 12.1 Å². The molecular formula is C27H31ClF4N2O6S. The van der Waals surface area contributed by atoms with Crippen LogP contribution in [-0.4, -0.2) is 61.9 Å². The number of piperidine rings is 1. The molecule has 2 N–H and O–H groups in total. The molecule has 1 saturated carbocycles. The Bertz CT molecular complexity index is 1400. The molecule has 4 rings (SSSR count). The van der Waals surface area contributed by atoms with Crippen LogP contribution in [-0.2, 0) is 20.4 Å². The maximum absolute atomic E-state index is 14.9. The lowest BCUT2D eigenvalue weighted by Gasteiger charge is -2.44. The molecule has 1 saturated heterocycles. The van der Waals surface area contributed by atoms with Crippen LogP contribution in [0, 0.1) is 5.82 Å². The molecule has 0 unspecified atom stereocenters. The van der Waals surface area contributed by atoms with Crippen molar-refractivity contribution in [2.24, 2.45) is 0 Å². The molecule has 1 aliphatic carbocycles. The van der Waals surface area contributed by atoms with Gasteiger partial charge in [-0.2, -0.15) is 13.2 Å². The number of rotatable bonds is 7. The third-order valence-electron chi connectivity index (χ3n) is 6.88. The van der Waals surface area contributed by atoms with Gasteiger partial charge in [-0.15, -0.1) is 0 Å². The fraction of sp³-hybridized carbons (Fsp3) is 0.481. The van der Waals surface area contributed by atoms with E-state index in [2.05, 4.69) is 24.8 Å². The van der Waals surface area contributed by atoms with Crippen LogP contribution in [0.2, 0.25) is 5.02 Å². The summed E-state index contributed by atoms with van der Waals surface area (Å²) in [4.78, 5) is 23.6. The van der Waals surface area contributed by atoms with Crippen LogP contribution in [0.5, 0.6) is 5.75 Å². The number of halogens is 5. The highest BCUT2D eigenvalue weighted by Crippen LogP contribution is 2.46. The molecule has 2 aromatic carbocycles. The van der Waals surface area contributed by atoms with Crippen LogP contribution in [0.4, 0.5) is 17.6 Å². The third kappa shape index (κ3) is 9.04. The lowest BCUT2D eigenvalue weighted by molar-refractivity contribution is -0.192. The maximum Gasteiger partial charge on any atom is 0.490 e. The number of alkyl halides is 3. The van der Waals surface area contributed by atoms with Crippen molar-refractivity contribution < 1.29 is 45.4 Å². The SMILES string of the molecule is CC(C)(c1cccc(Cl)c1)N1CCC[C@@H](Oc2cc(F)c(C(=O)NS(C)(=O)=O)cc2C2CC2)C1.O=C(O)C(F)(F)F. The molecule has 0 aromatic heterocycles. The number of aliphatic carboxylic acids is 1. The highest BCUT2D eigenvalue weighted by molar-refractivity contribution is 7.89. The molecule has 2 aromatic rings. The van der Waals surface area contributed by atoms with Crippen LogP contribution in [0.1, 0.15) is 66.9 Å². The first-order valence-electron chi connectivity index (χ1n) is 12.7. The number of nitrogens with zero attached hydrogens (tertiary/aromatic N) is 1. The molecule has 14 heteroatoms. The topological polar surface area (TPSA) is 113 Å². The monoisotopic (exact) mass is 622 g/mol. The van der Waals surface area contributed by atoms with E-state index in [0.29, 0.717) is 17.3 Å². The largest absolute Gasteiger partial charge is 0.490 e. The van der Waals surface area contributed by atoms with Gasteiger partial charge in [0.1, 0.15) is 17.7 Å². The zero-order valence-electron chi connectivity index (χ0n) is 22.6. The zero-order valence-corrected chi connectivity index (χ0v) is 24.2. The fourth-order valence-corrected chi connectivity index (χ4v) is 5.19. The van der Waals surface area contributed by atoms with E-state index in [-0.39, 0.29) is 23.1 Å². The number of hydrogen-bond donors (Lipinski definition) is 2. The van der Waals surface area contributed by atoms with Crippen LogP contribution in [0.15, 0.2) is 36.4 Å². The minimum absolute atomic E-state index is 0.139. The summed E-state index contributed by atoms with van der Waals surface area (Å²) >= 11 is 6.22. The van der Waals surface area contributed by atoms with Gasteiger partial charge >= 0.3 is 12.1 Å². The van der Waals surface area contributed by atoms with Crippen molar-refractivity contribution in [1.29, 1.82) is 0 Å². The van der Waals surface area contributed by atoms with Crippen molar-refractivity contribution in [3.8, 4) is 5.75 Å². The van der Waals surface area contributed by atoms with Crippen molar-refractivity contribution in [2.45, 2.75) is 63.3 Å². The Kier molecular flexibility index (Phi) is 9.97. The van der Waals surface area contributed by atoms with E-state index in [0.717, 1.165) is 49.6 Å². The third-order valence-corrected chi connectivity index (χ3v) is 7.67.